The monoisotopic (exact) mass is 124 g/mol. The van der Waals surface area contributed by atoms with Crippen LogP contribution in [0.3, 0.4) is 0 Å². The molecule has 0 bridgehead atoms. The van der Waals surface area contributed by atoms with E-state index in [2.05, 4.69) is 23.7 Å². The average Bonchev–Trinajstić information content (AvgIpc) is 2.37. The third-order valence-electron chi connectivity index (χ3n) is 1.52. The lowest BCUT2D eigenvalue weighted by Gasteiger charge is -2.19. The summed E-state index contributed by atoms with van der Waals surface area (Å²) in [4.78, 5) is 2.17. The highest BCUT2D eigenvalue weighted by Crippen LogP contribution is 2.01. The Morgan fingerprint density at radius 3 is 3.11 bits per heavy atom. The fraction of sp³-hybridized carbons (Fsp3) is 0.429. The number of nitrogens with one attached hydrogen (secondary N) is 1. The van der Waals surface area contributed by atoms with Gasteiger partial charge in [-0.2, -0.15) is 0 Å². The molecule has 1 unspecified atom stereocenters. The van der Waals surface area contributed by atoms with Crippen LogP contribution in [0.5, 0.6) is 0 Å². The molecule has 1 aliphatic heterocycles. The number of nitrogens with zero attached hydrogens (tertiary/aromatic N) is 1. The topological polar surface area (TPSA) is 15.3 Å². The second kappa shape index (κ2) is 2.58. The van der Waals surface area contributed by atoms with Crippen LogP contribution in [0.4, 0.5) is 0 Å². The van der Waals surface area contributed by atoms with Gasteiger partial charge in [0.25, 0.3) is 0 Å². The van der Waals surface area contributed by atoms with Crippen molar-refractivity contribution in [3.05, 3.63) is 25.1 Å². The standard InChI is InChI=1S/C7H12N2/c1-3-7(2)9-5-4-8-6-9/h3-5,7-8H,1,6H2,2H3. The minimum absolute atomic E-state index is 0.441. The summed E-state index contributed by atoms with van der Waals surface area (Å²) >= 11 is 0. The smallest absolute Gasteiger partial charge is 0.0873 e. The molecule has 1 heterocycles. The summed E-state index contributed by atoms with van der Waals surface area (Å²) in [7, 11) is 0. The fourth-order valence-corrected chi connectivity index (χ4v) is 0.774. The third kappa shape index (κ3) is 1.25. The highest BCUT2D eigenvalue weighted by molar-refractivity contribution is 4.95. The Morgan fingerprint density at radius 1 is 1.89 bits per heavy atom. The van der Waals surface area contributed by atoms with Gasteiger partial charge in [0, 0.05) is 18.4 Å². The lowest BCUT2D eigenvalue weighted by molar-refractivity contribution is 0.351. The van der Waals surface area contributed by atoms with E-state index in [0.717, 1.165) is 6.67 Å². The van der Waals surface area contributed by atoms with Crippen LogP contribution < -0.4 is 5.32 Å². The zero-order valence-electron chi connectivity index (χ0n) is 5.67. The van der Waals surface area contributed by atoms with Crippen molar-refractivity contribution in [1.29, 1.82) is 0 Å². The lowest BCUT2D eigenvalue weighted by atomic mass is 10.3. The molecule has 1 rings (SSSR count). The van der Waals surface area contributed by atoms with Crippen LogP contribution in [-0.2, 0) is 0 Å². The Hall–Kier alpha value is -0.920. The molecule has 50 valence electrons. The van der Waals surface area contributed by atoms with Gasteiger partial charge in [-0.3, -0.25) is 0 Å². The van der Waals surface area contributed by atoms with Crippen molar-refractivity contribution in [3.63, 3.8) is 0 Å². The van der Waals surface area contributed by atoms with Gasteiger partial charge in [-0.25, -0.2) is 0 Å². The number of hydrogen-bond acceptors (Lipinski definition) is 2. The van der Waals surface area contributed by atoms with Gasteiger partial charge in [0.05, 0.1) is 6.67 Å². The molecule has 1 atom stereocenters. The molecule has 0 saturated carbocycles. The zero-order chi connectivity index (χ0) is 6.69. The molecule has 0 aromatic rings. The van der Waals surface area contributed by atoms with Crippen LogP contribution in [-0.4, -0.2) is 17.6 Å². The Bertz CT molecular complexity index is 129. The van der Waals surface area contributed by atoms with E-state index >= 15 is 0 Å². The van der Waals surface area contributed by atoms with Crippen molar-refractivity contribution in [2.75, 3.05) is 6.67 Å². The SMILES string of the molecule is C=CC(C)N1C=CNC1. The zero-order valence-corrected chi connectivity index (χ0v) is 5.67. The molecule has 2 heteroatoms. The lowest BCUT2D eigenvalue weighted by Crippen LogP contribution is -2.27. The van der Waals surface area contributed by atoms with E-state index in [1.807, 2.05) is 18.5 Å². The van der Waals surface area contributed by atoms with Crippen molar-refractivity contribution in [2.45, 2.75) is 13.0 Å². The van der Waals surface area contributed by atoms with E-state index in [0.29, 0.717) is 6.04 Å². The van der Waals surface area contributed by atoms with E-state index in [1.165, 1.54) is 0 Å². The molecule has 1 aliphatic rings. The van der Waals surface area contributed by atoms with Gasteiger partial charge in [-0.05, 0) is 6.92 Å². The number of hydrogen-bond donors (Lipinski definition) is 1. The molecule has 0 aliphatic carbocycles. The van der Waals surface area contributed by atoms with E-state index < -0.39 is 0 Å². The van der Waals surface area contributed by atoms with E-state index in [9.17, 15) is 0 Å². The summed E-state index contributed by atoms with van der Waals surface area (Å²) in [6.45, 7) is 6.73. The molecule has 2 nitrogen and oxygen atoms in total. The Balaban J connectivity index is 2.42. The van der Waals surface area contributed by atoms with Crippen molar-refractivity contribution >= 4 is 0 Å². The van der Waals surface area contributed by atoms with Crippen LogP contribution in [0, 0.1) is 0 Å². The van der Waals surface area contributed by atoms with Crippen LogP contribution >= 0.6 is 0 Å². The second-order valence-corrected chi connectivity index (χ2v) is 2.17. The van der Waals surface area contributed by atoms with Crippen molar-refractivity contribution in [3.8, 4) is 0 Å². The summed E-state index contributed by atoms with van der Waals surface area (Å²) in [5.41, 5.74) is 0. The van der Waals surface area contributed by atoms with Gasteiger partial charge >= 0.3 is 0 Å². The van der Waals surface area contributed by atoms with E-state index in [1.54, 1.807) is 0 Å². The first-order valence-corrected chi connectivity index (χ1v) is 3.13. The van der Waals surface area contributed by atoms with Gasteiger partial charge < -0.3 is 10.2 Å². The number of rotatable bonds is 2. The second-order valence-electron chi connectivity index (χ2n) is 2.17. The Labute approximate surface area is 55.9 Å². The van der Waals surface area contributed by atoms with Gasteiger partial charge in [0.15, 0.2) is 0 Å². The summed E-state index contributed by atoms with van der Waals surface area (Å²) in [6.07, 6.45) is 5.91. The Kier molecular flexibility index (Phi) is 1.78. The fourth-order valence-electron chi connectivity index (χ4n) is 0.774. The quantitative estimate of drug-likeness (QED) is 0.550. The van der Waals surface area contributed by atoms with Crippen molar-refractivity contribution < 1.29 is 0 Å². The molecule has 0 fully saturated rings. The molecule has 1 N–H and O–H groups in total. The molecular formula is C7H12N2. The normalized spacial score (nSPS) is 19.4. The third-order valence-corrected chi connectivity index (χ3v) is 1.52. The maximum atomic E-state index is 3.70. The average molecular weight is 124 g/mol. The Morgan fingerprint density at radius 2 is 2.67 bits per heavy atom. The first kappa shape index (κ1) is 6.20. The largest absolute Gasteiger partial charge is 0.373 e. The van der Waals surface area contributed by atoms with Crippen LogP contribution in [0.25, 0.3) is 0 Å². The first-order valence-electron chi connectivity index (χ1n) is 3.13. The molecule has 0 saturated heterocycles. The summed E-state index contributed by atoms with van der Waals surface area (Å²) in [5.74, 6) is 0. The van der Waals surface area contributed by atoms with Crippen LogP contribution in [0.2, 0.25) is 0 Å². The minimum Gasteiger partial charge on any atom is -0.373 e. The van der Waals surface area contributed by atoms with Gasteiger partial charge in [-0.15, -0.1) is 6.58 Å². The van der Waals surface area contributed by atoms with Crippen molar-refractivity contribution in [1.82, 2.24) is 10.2 Å². The maximum Gasteiger partial charge on any atom is 0.0873 e. The summed E-state index contributed by atoms with van der Waals surface area (Å²) < 4.78 is 0. The highest BCUT2D eigenvalue weighted by atomic mass is 15.3. The van der Waals surface area contributed by atoms with Gasteiger partial charge in [-0.1, -0.05) is 6.08 Å². The van der Waals surface area contributed by atoms with Crippen molar-refractivity contribution in [2.24, 2.45) is 0 Å². The summed E-state index contributed by atoms with van der Waals surface area (Å²) in [6, 6.07) is 0.441. The maximum absolute atomic E-state index is 3.70. The predicted octanol–water partition coefficient (Wildman–Crippen LogP) is 0.895. The highest BCUT2D eigenvalue weighted by Gasteiger charge is 2.06. The molecule has 0 amide bonds. The molecule has 0 spiro atoms. The molecule has 9 heavy (non-hydrogen) atoms. The van der Waals surface area contributed by atoms with E-state index in [-0.39, 0.29) is 0 Å². The first-order chi connectivity index (χ1) is 4.34. The molecular weight excluding hydrogens is 112 g/mol. The van der Waals surface area contributed by atoms with E-state index in [4.69, 9.17) is 0 Å². The van der Waals surface area contributed by atoms with Crippen LogP contribution in [0.15, 0.2) is 25.1 Å². The van der Waals surface area contributed by atoms with Gasteiger partial charge in [0.2, 0.25) is 0 Å². The predicted molar refractivity (Wildman–Crippen MR) is 38.6 cm³/mol. The van der Waals surface area contributed by atoms with Gasteiger partial charge in [0.1, 0.15) is 0 Å². The molecule has 0 radical (unpaired) electrons. The summed E-state index contributed by atoms with van der Waals surface area (Å²) in [5, 5.41) is 3.09. The molecule has 0 aromatic carbocycles. The molecule has 0 aromatic heterocycles. The van der Waals surface area contributed by atoms with Crippen LogP contribution in [0.1, 0.15) is 6.92 Å². The minimum atomic E-state index is 0.441.